The summed E-state index contributed by atoms with van der Waals surface area (Å²) in [6.45, 7) is 16.7. The van der Waals surface area contributed by atoms with E-state index in [2.05, 4.69) is 48.4 Å². The Labute approximate surface area is 84.4 Å². The fraction of sp³-hybridized carbons (Fsp3) is 1.00. The molecule has 0 spiro atoms. The van der Waals surface area contributed by atoms with Crippen molar-refractivity contribution >= 4 is 6.92 Å². The smallest absolute Gasteiger partial charge is 0.295 e. The van der Waals surface area contributed by atoms with E-state index >= 15 is 0 Å². The molecular formula is C11H25BO. The maximum Gasteiger partial charge on any atom is 0.295 e. The molecule has 0 bridgehead atoms. The van der Waals surface area contributed by atoms with Crippen LogP contribution >= 0.6 is 0 Å². The van der Waals surface area contributed by atoms with Crippen LogP contribution < -0.4 is 0 Å². The van der Waals surface area contributed by atoms with Gasteiger partial charge in [0, 0.05) is 6.61 Å². The van der Waals surface area contributed by atoms with Gasteiger partial charge in [0.05, 0.1) is 0 Å². The molecule has 0 amide bonds. The zero-order valence-electron chi connectivity index (χ0n) is 10.4. The zero-order valence-corrected chi connectivity index (χ0v) is 10.4. The lowest BCUT2D eigenvalue weighted by atomic mass is 9.49. The molecule has 0 aliphatic rings. The standard InChI is InChI=1S/C11H25BO/c1-8-11(5,6)9-13-12(7)10(2,3)4/h8-9H2,1-7H3. The van der Waals surface area contributed by atoms with Crippen LogP contribution in [0.15, 0.2) is 0 Å². The van der Waals surface area contributed by atoms with Crippen LogP contribution in [-0.4, -0.2) is 13.5 Å². The molecule has 0 aromatic heterocycles. The van der Waals surface area contributed by atoms with Crippen LogP contribution in [0.4, 0.5) is 0 Å². The molecule has 0 rings (SSSR count). The third-order valence-corrected chi connectivity index (χ3v) is 2.90. The summed E-state index contributed by atoms with van der Waals surface area (Å²) in [6.07, 6.45) is 1.17. The van der Waals surface area contributed by atoms with Gasteiger partial charge in [0.15, 0.2) is 0 Å². The molecule has 0 aliphatic heterocycles. The molecule has 13 heavy (non-hydrogen) atoms. The third kappa shape index (κ3) is 5.35. The second-order valence-corrected chi connectivity index (χ2v) is 5.84. The second kappa shape index (κ2) is 4.50. The van der Waals surface area contributed by atoms with Gasteiger partial charge >= 0.3 is 0 Å². The second-order valence-electron chi connectivity index (χ2n) is 5.84. The molecule has 0 unspecified atom stereocenters. The molecule has 0 fully saturated rings. The molecule has 0 saturated carbocycles. The first-order valence-corrected chi connectivity index (χ1v) is 5.30. The highest BCUT2D eigenvalue weighted by Crippen LogP contribution is 2.29. The zero-order chi connectivity index (χ0) is 10.7. The number of hydrogen-bond donors (Lipinski definition) is 0. The summed E-state index contributed by atoms with van der Waals surface area (Å²) in [5.41, 5.74) is 0.319. The van der Waals surface area contributed by atoms with E-state index in [1.165, 1.54) is 6.42 Å². The third-order valence-electron chi connectivity index (χ3n) is 2.90. The normalized spacial score (nSPS) is 13.2. The average Bonchev–Trinajstić information content (AvgIpc) is 1.98. The van der Waals surface area contributed by atoms with Crippen LogP contribution in [0.3, 0.4) is 0 Å². The first kappa shape index (κ1) is 13.0. The molecule has 2 heteroatoms. The van der Waals surface area contributed by atoms with Gasteiger partial charge in [-0.2, -0.15) is 0 Å². The van der Waals surface area contributed by atoms with Crippen molar-refractivity contribution in [2.24, 2.45) is 5.41 Å². The Morgan fingerprint density at radius 3 is 1.85 bits per heavy atom. The minimum atomic E-state index is 0.254. The molecule has 0 radical (unpaired) electrons. The Bertz CT molecular complexity index is 147. The van der Waals surface area contributed by atoms with E-state index in [0.717, 1.165) is 6.61 Å². The molecule has 0 atom stereocenters. The van der Waals surface area contributed by atoms with Gasteiger partial charge in [-0.1, -0.05) is 48.4 Å². The fourth-order valence-corrected chi connectivity index (χ4v) is 0.703. The van der Waals surface area contributed by atoms with E-state index in [0.29, 0.717) is 12.3 Å². The van der Waals surface area contributed by atoms with E-state index in [9.17, 15) is 0 Å². The van der Waals surface area contributed by atoms with Crippen LogP contribution in [0.1, 0.15) is 48.0 Å². The topological polar surface area (TPSA) is 9.23 Å². The highest BCUT2D eigenvalue weighted by molar-refractivity contribution is 6.53. The number of rotatable bonds is 4. The van der Waals surface area contributed by atoms with Gasteiger partial charge in [-0.25, -0.2) is 0 Å². The van der Waals surface area contributed by atoms with Crippen molar-refractivity contribution in [3.05, 3.63) is 0 Å². The summed E-state index contributed by atoms with van der Waals surface area (Å²) in [5.74, 6) is 0. The van der Waals surface area contributed by atoms with Crippen molar-refractivity contribution < 1.29 is 4.65 Å². The number of hydrogen-bond acceptors (Lipinski definition) is 1. The Kier molecular flexibility index (Phi) is 4.51. The molecule has 0 aliphatic carbocycles. The van der Waals surface area contributed by atoms with Crippen molar-refractivity contribution in [1.29, 1.82) is 0 Å². The van der Waals surface area contributed by atoms with Crippen molar-refractivity contribution in [1.82, 2.24) is 0 Å². The van der Waals surface area contributed by atoms with Gasteiger partial charge in [0.1, 0.15) is 0 Å². The monoisotopic (exact) mass is 184 g/mol. The van der Waals surface area contributed by atoms with Crippen LogP contribution in [-0.2, 0) is 4.65 Å². The molecule has 0 aromatic carbocycles. The van der Waals surface area contributed by atoms with E-state index in [4.69, 9.17) is 4.65 Å². The predicted molar refractivity (Wildman–Crippen MR) is 61.4 cm³/mol. The summed E-state index contributed by atoms with van der Waals surface area (Å²) < 4.78 is 5.86. The van der Waals surface area contributed by atoms with E-state index in [1.54, 1.807) is 0 Å². The summed E-state index contributed by atoms with van der Waals surface area (Å²) in [6, 6.07) is 0. The fourth-order valence-electron chi connectivity index (χ4n) is 0.703. The molecule has 1 nitrogen and oxygen atoms in total. The SMILES string of the molecule is CCC(C)(C)COB(C)C(C)(C)C. The highest BCUT2D eigenvalue weighted by atomic mass is 16.4. The largest absolute Gasteiger partial charge is 0.435 e. The molecule has 0 saturated heterocycles. The van der Waals surface area contributed by atoms with Crippen molar-refractivity contribution in [3.63, 3.8) is 0 Å². The van der Waals surface area contributed by atoms with Crippen LogP contribution in [0.25, 0.3) is 0 Å². The van der Waals surface area contributed by atoms with Gasteiger partial charge in [-0.3, -0.25) is 0 Å². The van der Waals surface area contributed by atoms with Crippen LogP contribution in [0.5, 0.6) is 0 Å². The first-order valence-electron chi connectivity index (χ1n) is 5.30. The van der Waals surface area contributed by atoms with Crippen molar-refractivity contribution in [3.8, 4) is 0 Å². The Morgan fingerprint density at radius 1 is 1.08 bits per heavy atom. The quantitative estimate of drug-likeness (QED) is 0.602. The maximum absolute atomic E-state index is 5.86. The lowest BCUT2D eigenvalue weighted by Crippen LogP contribution is -2.30. The Balaban J connectivity index is 3.90. The van der Waals surface area contributed by atoms with Gasteiger partial charge in [0.2, 0.25) is 0 Å². The van der Waals surface area contributed by atoms with Gasteiger partial charge in [-0.05, 0) is 17.2 Å². The molecular weight excluding hydrogens is 159 g/mol. The van der Waals surface area contributed by atoms with E-state index in [-0.39, 0.29) is 5.31 Å². The van der Waals surface area contributed by atoms with E-state index < -0.39 is 0 Å². The van der Waals surface area contributed by atoms with Gasteiger partial charge in [0.25, 0.3) is 6.92 Å². The molecule has 0 heterocycles. The lowest BCUT2D eigenvalue weighted by Gasteiger charge is -2.29. The summed E-state index contributed by atoms with van der Waals surface area (Å²) in [4.78, 5) is 0. The van der Waals surface area contributed by atoms with Gasteiger partial charge in [-0.15, -0.1) is 0 Å². The molecule has 78 valence electrons. The maximum atomic E-state index is 5.86. The first-order chi connectivity index (χ1) is 5.69. The van der Waals surface area contributed by atoms with Crippen LogP contribution in [0.2, 0.25) is 12.1 Å². The van der Waals surface area contributed by atoms with Crippen molar-refractivity contribution in [2.75, 3.05) is 6.61 Å². The summed E-state index contributed by atoms with van der Waals surface area (Å²) in [5, 5.41) is 0.254. The lowest BCUT2D eigenvalue weighted by molar-refractivity contribution is 0.169. The molecule has 0 N–H and O–H groups in total. The van der Waals surface area contributed by atoms with Crippen molar-refractivity contribution in [2.45, 2.75) is 60.1 Å². The minimum Gasteiger partial charge on any atom is -0.435 e. The van der Waals surface area contributed by atoms with Gasteiger partial charge < -0.3 is 4.65 Å². The minimum absolute atomic E-state index is 0.254. The summed E-state index contributed by atoms with van der Waals surface area (Å²) >= 11 is 0. The van der Waals surface area contributed by atoms with E-state index in [1.807, 2.05) is 0 Å². The predicted octanol–water partition coefficient (Wildman–Crippen LogP) is 3.86. The van der Waals surface area contributed by atoms with Crippen LogP contribution in [0, 0.1) is 5.41 Å². The molecule has 0 aromatic rings. The Morgan fingerprint density at radius 2 is 1.54 bits per heavy atom. The highest BCUT2D eigenvalue weighted by Gasteiger charge is 2.27. The average molecular weight is 184 g/mol. The Hall–Kier alpha value is 0.0249. The summed E-state index contributed by atoms with van der Waals surface area (Å²) in [7, 11) is 0.